The van der Waals surface area contributed by atoms with Gasteiger partial charge in [0.25, 0.3) is 0 Å². The van der Waals surface area contributed by atoms with Gasteiger partial charge in [0.1, 0.15) is 18.1 Å². The maximum Gasteiger partial charge on any atom is 0.247 e. The van der Waals surface area contributed by atoms with Gasteiger partial charge in [-0.3, -0.25) is 9.59 Å². The monoisotopic (exact) mass is 503 g/mol. The summed E-state index contributed by atoms with van der Waals surface area (Å²) in [6.45, 7) is 3.41. The van der Waals surface area contributed by atoms with Gasteiger partial charge in [-0.1, -0.05) is 47.7 Å². The van der Waals surface area contributed by atoms with E-state index in [0.29, 0.717) is 13.1 Å². The van der Waals surface area contributed by atoms with Crippen molar-refractivity contribution in [1.82, 2.24) is 25.2 Å². The van der Waals surface area contributed by atoms with Crippen molar-refractivity contribution in [3.05, 3.63) is 82.0 Å². The molecular formula is C27H29N5O3S. The van der Waals surface area contributed by atoms with Crippen molar-refractivity contribution in [2.45, 2.75) is 45.0 Å². The Kier molecular flexibility index (Phi) is 7.39. The van der Waals surface area contributed by atoms with Gasteiger partial charge in [0.05, 0.1) is 18.2 Å². The molecule has 2 aromatic carbocycles. The van der Waals surface area contributed by atoms with Crippen LogP contribution in [0.25, 0.3) is 11.0 Å². The fourth-order valence-corrected chi connectivity index (χ4v) is 5.31. The van der Waals surface area contributed by atoms with Gasteiger partial charge in [0.15, 0.2) is 0 Å². The molecule has 0 radical (unpaired) electrons. The third-order valence-corrected chi connectivity index (χ3v) is 7.36. The number of rotatable bonds is 9. The highest BCUT2D eigenvalue weighted by molar-refractivity contribution is 7.09. The van der Waals surface area contributed by atoms with Crippen LogP contribution in [0.1, 0.15) is 34.9 Å². The van der Waals surface area contributed by atoms with Crippen molar-refractivity contribution in [3.8, 4) is 0 Å². The van der Waals surface area contributed by atoms with E-state index in [1.165, 1.54) is 0 Å². The van der Waals surface area contributed by atoms with Gasteiger partial charge in [-0.05, 0) is 54.5 Å². The number of thiophene rings is 1. The summed E-state index contributed by atoms with van der Waals surface area (Å²) < 4.78 is 7.30. The van der Waals surface area contributed by atoms with Crippen LogP contribution >= 0.6 is 11.3 Å². The Labute approximate surface area is 213 Å². The van der Waals surface area contributed by atoms with E-state index in [4.69, 9.17) is 4.74 Å². The van der Waals surface area contributed by atoms with Gasteiger partial charge < -0.3 is 15.0 Å². The molecule has 0 bridgehead atoms. The summed E-state index contributed by atoms with van der Waals surface area (Å²) in [5, 5.41) is 13.4. The van der Waals surface area contributed by atoms with E-state index < -0.39 is 6.04 Å². The number of benzene rings is 2. The summed E-state index contributed by atoms with van der Waals surface area (Å²) in [4.78, 5) is 30.3. The number of amides is 2. The number of fused-ring (bicyclic) bond motifs is 1. The van der Waals surface area contributed by atoms with Crippen LogP contribution in [0.3, 0.4) is 0 Å². The maximum atomic E-state index is 13.9. The highest BCUT2D eigenvalue weighted by Crippen LogP contribution is 2.28. The number of para-hydroxylation sites is 1. The second-order valence-corrected chi connectivity index (χ2v) is 10.0. The Balaban J connectivity index is 1.48. The van der Waals surface area contributed by atoms with Crippen LogP contribution in [0.4, 0.5) is 0 Å². The van der Waals surface area contributed by atoms with Gasteiger partial charge in [-0.2, -0.15) is 0 Å². The Morgan fingerprint density at radius 1 is 1.17 bits per heavy atom. The molecule has 0 saturated carbocycles. The minimum absolute atomic E-state index is 0.00873. The van der Waals surface area contributed by atoms with Gasteiger partial charge >= 0.3 is 0 Å². The fraction of sp³-hybridized carbons (Fsp3) is 0.333. The number of carbonyl (C=O) groups excluding carboxylic acids is 2. The Bertz CT molecular complexity index is 1330. The summed E-state index contributed by atoms with van der Waals surface area (Å²) in [7, 11) is 0. The van der Waals surface area contributed by atoms with Gasteiger partial charge in [0, 0.05) is 18.0 Å². The molecule has 0 spiro atoms. The lowest BCUT2D eigenvalue weighted by Crippen LogP contribution is -2.46. The molecule has 2 amide bonds. The van der Waals surface area contributed by atoms with Crippen molar-refractivity contribution in [3.63, 3.8) is 0 Å². The van der Waals surface area contributed by atoms with Crippen molar-refractivity contribution >= 4 is 34.2 Å². The van der Waals surface area contributed by atoms with Crippen molar-refractivity contribution < 1.29 is 14.3 Å². The minimum atomic E-state index is -0.794. The van der Waals surface area contributed by atoms with Gasteiger partial charge in [-0.25, -0.2) is 4.68 Å². The molecule has 9 heteroatoms. The van der Waals surface area contributed by atoms with E-state index in [1.807, 2.05) is 73.0 Å². The molecule has 186 valence electrons. The van der Waals surface area contributed by atoms with E-state index in [0.717, 1.165) is 46.5 Å². The van der Waals surface area contributed by atoms with Gasteiger partial charge in [0.2, 0.25) is 11.8 Å². The van der Waals surface area contributed by atoms with Crippen molar-refractivity contribution in [1.29, 1.82) is 0 Å². The zero-order chi connectivity index (χ0) is 24.9. The molecule has 1 fully saturated rings. The lowest BCUT2D eigenvalue weighted by atomic mass is 9.98. The normalized spacial score (nSPS) is 16.2. The van der Waals surface area contributed by atoms with Crippen LogP contribution in [-0.2, 0) is 27.4 Å². The molecule has 1 saturated heterocycles. The number of carbonyl (C=O) groups is 2. The van der Waals surface area contributed by atoms with Crippen LogP contribution in [0.5, 0.6) is 0 Å². The number of hydrogen-bond donors (Lipinski definition) is 1. The number of hydrogen-bond acceptors (Lipinski definition) is 6. The predicted octanol–water partition coefficient (Wildman–Crippen LogP) is 3.87. The molecule has 1 aliphatic rings. The average molecular weight is 504 g/mol. The van der Waals surface area contributed by atoms with E-state index in [2.05, 4.69) is 15.6 Å². The zero-order valence-corrected chi connectivity index (χ0v) is 21.0. The summed E-state index contributed by atoms with van der Waals surface area (Å²) in [6.07, 6.45) is 1.93. The van der Waals surface area contributed by atoms with E-state index in [9.17, 15) is 9.59 Å². The van der Waals surface area contributed by atoms with Crippen LogP contribution in [0.15, 0.2) is 66.0 Å². The summed E-state index contributed by atoms with van der Waals surface area (Å²) >= 11 is 1.56. The molecule has 2 aromatic heterocycles. The number of aromatic nitrogens is 3. The lowest BCUT2D eigenvalue weighted by Gasteiger charge is -2.32. The minimum Gasteiger partial charge on any atom is -0.376 e. The first-order valence-corrected chi connectivity index (χ1v) is 13.0. The quantitative estimate of drug-likeness (QED) is 0.375. The first kappa shape index (κ1) is 24.1. The van der Waals surface area contributed by atoms with Crippen LogP contribution in [0, 0.1) is 6.92 Å². The molecule has 2 unspecified atom stereocenters. The molecule has 8 nitrogen and oxygen atoms in total. The summed E-state index contributed by atoms with van der Waals surface area (Å²) in [5.74, 6) is -0.423. The third kappa shape index (κ3) is 5.32. The highest BCUT2D eigenvalue weighted by Gasteiger charge is 2.33. The molecule has 1 N–H and O–H groups in total. The number of nitrogens with zero attached hydrogens (tertiary/aromatic N) is 4. The molecular weight excluding hydrogens is 474 g/mol. The standard InChI is InChI=1S/C27H29N5O3S/c1-19-8-2-3-11-22(19)26(27(34)28-16-20-9-6-14-35-20)31(17-21-10-7-15-36-21)25(33)18-32-24-13-5-4-12-23(24)29-30-32/h2-5,7-8,10-13,15,20,26H,6,9,14,16-18H2,1H3,(H,28,34). The van der Waals surface area contributed by atoms with Crippen LogP contribution in [0.2, 0.25) is 0 Å². The second kappa shape index (κ2) is 11.0. The summed E-state index contributed by atoms with van der Waals surface area (Å²) in [6, 6.07) is 18.4. The van der Waals surface area contributed by atoms with Gasteiger partial charge in [-0.15, -0.1) is 16.4 Å². The van der Waals surface area contributed by atoms with E-state index in [-0.39, 0.29) is 24.5 Å². The van der Waals surface area contributed by atoms with E-state index >= 15 is 0 Å². The molecule has 2 atom stereocenters. The largest absolute Gasteiger partial charge is 0.376 e. The number of nitrogens with one attached hydrogen (secondary N) is 1. The molecule has 5 rings (SSSR count). The average Bonchev–Trinajstić information content (AvgIpc) is 3.67. The van der Waals surface area contributed by atoms with E-state index in [1.54, 1.807) is 20.9 Å². The maximum absolute atomic E-state index is 13.9. The molecule has 4 aromatic rings. The second-order valence-electron chi connectivity index (χ2n) is 8.98. The van der Waals surface area contributed by atoms with Crippen LogP contribution < -0.4 is 5.32 Å². The predicted molar refractivity (Wildman–Crippen MR) is 138 cm³/mol. The van der Waals surface area contributed by atoms with Crippen LogP contribution in [-0.4, -0.2) is 51.0 Å². The van der Waals surface area contributed by atoms with Crippen molar-refractivity contribution in [2.75, 3.05) is 13.2 Å². The highest BCUT2D eigenvalue weighted by atomic mass is 32.1. The molecule has 0 aliphatic carbocycles. The SMILES string of the molecule is Cc1ccccc1C(C(=O)NCC1CCCO1)N(Cc1cccs1)C(=O)Cn1nnc2ccccc21. The number of aryl methyl sites for hydroxylation is 1. The smallest absolute Gasteiger partial charge is 0.247 e. The molecule has 36 heavy (non-hydrogen) atoms. The summed E-state index contributed by atoms with van der Waals surface area (Å²) in [5.41, 5.74) is 3.25. The first-order chi connectivity index (χ1) is 17.6. The lowest BCUT2D eigenvalue weighted by molar-refractivity contribution is -0.142. The zero-order valence-electron chi connectivity index (χ0n) is 20.2. The third-order valence-electron chi connectivity index (χ3n) is 6.50. The Morgan fingerprint density at radius 3 is 2.78 bits per heavy atom. The first-order valence-electron chi connectivity index (χ1n) is 12.1. The van der Waals surface area contributed by atoms with Crippen molar-refractivity contribution in [2.24, 2.45) is 0 Å². The Hall–Kier alpha value is -3.56. The topological polar surface area (TPSA) is 89.4 Å². The number of ether oxygens (including phenoxy) is 1. The molecule has 3 heterocycles. The molecule has 1 aliphatic heterocycles. The Morgan fingerprint density at radius 2 is 2.00 bits per heavy atom. The fourth-order valence-electron chi connectivity index (χ4n) is 4.61.